The Balaban J connectivity index is 2.14. The fourth-order valence-corrected chi connectivity index (χ4v) is 3.75. The maximum atomic E-state index is 12.4. The minimum atomic E-state index is -0.00986. The van der Waals surface area contributed by atoms with Gasteiger partial charge < -0.3 is 0 Å². The zero-order chi connectivity index (χ0) is 16.7. The molecule has 0 saturated carbocycles. The van der Waals surface area contributed by atoms with Gasteiger partial charge in [0.05, 0.1) is 12.1 Å². The maximum Gasteiger partial charge on any atom is 0.272 e. The number of rotatable bonds is 5. The van der Waals surface area contributed by atoms with Crippen molar-refractivity contribution in [2.45, 2.75) is 40.3 Å². The molecule has 0 unspecified atom stereocenters. The standard InChI is InChI=1S/C16H23N5OS/c1-6-20(11(4)10(2)3)9-13-17-18-16-19(5)15(22)14-12(21(13)16)7-8-23-14/h7-8,10-11H,6,9H2,1-5H3/t11-/m0/s1. The highest BCUT2D eigenvalue weighted by Crippen LogP contribution is 2.21. The maximum absolute atomic E-state index is 12.4. The Labute approximate surface area is 139 Å². The summed E-state index contributed by atoms with van der Waals surface area (Å²) in [6, 6.07) is 2.43. The molecule has 6 nitrogen and oxygen atoms in total. The first-order valence-electron chi connectivity index (χ1n) is 8.00. The second kappa shape index (κ2) is 6.05. The molecular formula is C16H23N5OS. The average molecular weight is 333 g/mol. The predicted octanol–water partition coefficient (Wildman–Crippen LogP) is 2.51. The molecule has 0 bridgehead atoms. The second-order valence-electron chi connectivity index (χ2n) is 6.30. The van der Waals surface area contributed by atoms with Crippen LogP contribution in [0.15, 0.2) is 16.2 Å². The summed E-state index contributed by atoms with van der Waals surface area (Å²) in [6.45, 7) is 10.5. The SMILES string of the molecule is CCN(Cc1nnc2n(C)c(=O)c3sccc3n12)[C@@H](C)C(C)C. The van der Waals surface area contributed by atoms with E-state index in [4.69, 9.17) is 0 Å². The first-order chi connectivity index (χ1) is 11.0. The van der Waals surface area contributed by atoms with Crippen molar-refractivity contribution in [3.63, 3.8) is 0 Å². The van der Waals surface area contributed by atoms with Gasteiger partial charge in [0.25, 0.3) is 5.56 Å². The van der Waals surface area contributed by atoms with E-state index >= 15 is 0 Å². The molecule has 0 spiro atoms. The van der Waals surface area contributed by atoms with Gasteiger partial charge >= 0.3 is 0 Å². The van der Waals surface area contributed by atoms with Gasteiger partial charge in [-0.05, 0) is 30.8 Å². The topological polar surface area (TPSA) is 55.4 Å². The molecule has 0 aliphatic heterocycles. The summed E-state index contributed by atoms with van der Waals surface area (Å²) in [5.41, 5.74) is 0.894. The highest BCUT2D eigenvalue weighted by atomic mass is 32.1. The van der Waals surface area contributed by atoms with E-state index in [1.807, 2.05) is 15.8 Å². The molecule has 0 fully saturated rings. The number of fused-ring (bicyclic) bond motifs is 3. The molecule has 124 valence electrons. The summed E-state index contributed by atoms with van der Waals surface area (Å²) in [5.74, 6) is 2.05. The van der Waals surface area contributed by atoms with E-state index in [1.165, 1.54) is 11.3 Å². The molecule has 0 N–H and O–H groups in total. The van der Waals surface area contributed by atoms with Gasteiger partial charge in [-0.2, -0.15) is 0 Å². The fourth-order valence-electron chi connectivity index (χ4n) is 2.90. The molecule has 0 aromatic carbocycles. The minimum Gasteiger partial charge on any atom is -0.293 e. The van der Waals surface area contributed by atoms with Crippen molar-refractivity contribution >= 4 is 27.3 Å². The van der Waals surface area contributed by atoms with E-state index in [0.29, 0.717) is 17.7 Å². The summed E-state index contributed by atoms with van der Waals surface area (Å²) in [4.78, 5) is 14.8. The summed E-state index contributed by atoms with van der Waals surface area (Å²) >= 11 is 1.47. The van der Waals surface area contributed by atoms with E-state index in [2.05, 4.69) is 42.8 Å². The minimum absolute atomic E-state index is 0.00986. The molecule has 3 aromatic rings. The quantitative estimate of drug-likeness (QED) is 0.720. The Morgan fingerprint density at radius 2 is 2.04 bits per heavy atom. The number of thiophene rings is 1. The molecule has 0 aliphatic carbocycles. The molecule has 0 saturated heterocycles. The largest absolute Gasteiger partial charge is 0.293 e. The van der Waals surface area contributed by atoms with Crippen molar-refractivity contribution in [3.05, 3.63) is 27.6 Å². The molecule has 1 atom stereocenters. The predicted molar refractivity (Wildman–Crippen MR) is 94.0 cm³/mol. The molecule has 0 radical (unpaired) electrons. The van der Waals surface area contributed by atoms with Crippen LogP contribution in [0.2, 0.25) is 0 Å². The van der Waals surface area contributed by atoms with Gasteiger partial charge in [-0.15, -0.1) is 21.5 Å². The van der Waals surface area contributed by atoms with Gasteiger partial charge in [0.2, 0.25) is 5.78 Å². The lowest BCUT2D eigenvalue weighted by Gasteiger charge is -2.29. The third-order valence-electron chi connectivity index (χ3n) is 4.69. The van der Waals surface area contributed by atoms with E-state index in [1.54, 1.807) is 11.6 Å². The molecule has 7 heteroatoms. The Kier molecular flexibility index (Phi) is 4.25. The first kappa shape index (κ1) is 16.1. The highest BCUT2D eigenvalue weighted by molar-refractivity contribution is 7.17. The zero-order valence-electron chi connectivity index (χ0n) is 14.3. The van der Waals surface area contributed by atoms with Crippen LogP contribution in [-0.2, 0) is 13.6 Å². The van der Waals surface area contributed by atoms with E-state index < -0.39 is 0 Å². The van der Waals surface area contributed by atoms with Crippen molar-refractivity contribution in [2.75, 3.05) is 6.54 Å². The highest BCUT2D eigenvalue weighted by Gasteiger charge is 2.21. The lowest BCUT2D eigenvalue weighted by atomic mass is 10.0. The summed E-state index contributed by atoms with van der Waals surface area (Å²) in [5, 5.41) is 10.6. The number of aromatic nitrogens is 4. The first-order valence-corrected chi connectivity index (χ1v) is 8.87. The Hall–Kier alpha value is -1.73. The molecule has 3 rings (SSSR count). The van der Waals surface area contributed by atoms with E-state index in [9.17, 15) is 4.79 Å². The van der Waals surface area contributed by atoms with Gasteiger partial charge in [0.15, 0.2) is 5.82 Å². The smallest absolute Gasteiger partial charge is 0.272 e. The second-order valence-corrected chi connectivity index (χ2v) is 7.21. The molecule has 3 aromatic heterocycles. The zero-order valence-corrected chi connectivity index (χ0v) is 15.1. The molecule has 0 amide bonds. The van der Waals surface area contributed by atoms with E-state index in [0.717, 1.165) is 29.1 Å². The number of nitrogens with zero attached hydrogens (tertiary/aromatic N) is 5. The number of aryl methyl sites for hydroxylation is 1. The third-order valence-corrected chi connectivity index (χ3v) is 5.58. The van der Waals surface area contributed by atoms with Crippen LogP contribution in [0.5, 0.6) is 0 Å². The van der Waals surface area contributed by atoms with Crippen LogP contribution in [0.3, 0.4) is 0 Å². The fraction of sp³-hybridized carbons (Fsp3) is 0.562. The molecular weight excluding hydrogens is 310 g/mol. The lowest BCUT2D eigenvalue weighted by molar-refractivity contribution is 0.164. The van der Waals surface area contributed by atoms with Crippen molar-refractivity contribution in [1.82, 2.24) is 24.1 Å². The average Bonchev–Trinajstić information content (AvgIpc) is 3.15. The van der Waals surface area contributed by atoms with Crippen LogP contribution in [0.1, 0.15) is 33.5 Å². The molecule has 0 aliphatic rings. The van der Waals surface area contributed by atoms with Crippen LogP contribution in [0, 0.1) is 5.92 Å². The monoisotopic (exact) mass is 333 g/mol. The van der Waals surface area contributed by atoms with Gasteiger partial charge in [-0.25, -0.2) is 0 Å². The van der Waals surface area contributed by atoms with Crippen LogP contribution in [-0.4, -0.2) is 36.7 Å². The normalized spacial score (nSPS) is 13.7. The van der Waals surface area contributed by atoms with Gasteiger partial charge in [0, 0.05) is 13.1 Å². The Morgan fingerprint density at radius 1 is 1.30 bits per heavy atom. The van der Waals surface area contributed by atoms with Crippen LogP contribution >= 0.6 is 11.3 Å². The van der Waals surface area contributed by atoms with Gasteiger partial charge in [-0.1, -0.05) is 20.8 Å². The van der Waals surface area contributed by atoms with Crippen LogP contribution in [0.4, 0.5) is 0 Å². The van der Waals surface area contributed by atoms with Crippen molar-refractivity contribution in [3.8, 4) is 0 Å². The lowest BCUT2D eigenvalue weighted by Crippen LogP contribution is -2.36. The molecule has 23 heavy (non-hydrogen) atoms. The van der Waals surface area contributed by atoms with E-state index in [-0.39, 0.29) is 5.56 Å². The number of hydrogen-bond acceptors (Lipinski definition) is 5. The summed E-state index contributed by atoms with van der Waals surface area (Å²) in [7, 11) is 1.75. The van der Waals surface area contributed by atoms with Crippen molar-refractivity contribution in [1.29, 1.82) is 0 Å². The van der Waals surface area contributed by atoms with Gasteiger partial charge in [0.1, 0.15) is 4.70 Å². The summed E-state index contributed by atoms with van der Waals surface area (Å²) < 4.78 is 4.35. The Bertz CT molecular complexity index is 891. The van der Waals surface area contributed by atoms with Crippen molar-refractivity contribution < 1.29 is 0 Å². The van der Waals surface area contributed by atoms with Crippen LogP contribution in [0.25, 0.3) is 16.0 Å². The Morgan fingerprint density at radius 3 is 2.70 bits per heavy atom. The van der Waals surface area contributed by atoms with Crippen LogP contribution < -0.4 is 5.56 Å². The third kappa shape index (κ3) is 2.57. The van der Waals surface area contributed by atoms with Gasteiger partial charge in [-0.3, -0.25) is 18.7 Å². The summed E-state index contributed by atoms with van der Waals surface area (Å²) in [6.07, 6.45) is 0. The number of hydrogen-bond donors (Lipinski definition) is 0. The molecule has 3 heterocycles. The van der Waals surface area contributed by atoms with Crippen molar-refractivity contribution in [2.24, 2.45) is 13.0 Å².